The van der Waals surface area contributed by atoms with E-state index in [1.165, 1.54) is 0 Å². The summed E-state index contributed by atoms with van der Waals surface area (Å²) < 4.78 is 5.31. The van der Waals surface area contributed by atoms with E-state index in [1.807, 2.05) is 0 Å². The molecule has 78 valence electrons. The summed E-state index contributed by atoms with van der Waals surface area (Å²) in [5.74, 6) is 0. The standard InChI is InChI=1S/C8H7ClN4OS/c9-4-1-2-6-5(3-4)11-8(14-6)13-12-7(10)15/h1-3H,(H,11,13)(H3,10,12,15). The van der Waals surface area contributed by atoms with Gasteiger partial charge in [0.05, 0.1) is 0 Å². The quantitative estimate of drug-likeness (QED) is 0.549. The Morgan fingerprint density at radius 2 is 2.33 bits per heavy atom. The van der Waals surface area contributed by atoms with Crippen LogP contribution < -0.4 is 16.6 Å². The highest BCUT2D eigenvalue weighted by Crippen LogP contribution is 2.21. The SMILES string of the molecule is NC(=S)NNc1nc2cc(Cl)ccc2o1. The Morgan fingerprint density at radius 1 is 1.53 bits per heavy atom. The molecule has 2 aromatic rings. The van der Waals surface area contributed by atoms with Crippen molar-refractivity contribution in [2.24, 2.45) is 5.73 Å². The first-order valence-corrected chi connectivity index (χ1v) is 4.81. The summed E-state index contributed by atoms with van der Waals surface area (Å²) >= 11 is 10.4. The van der Waals surface area contributed by atoms with E-state index in [-0.39, 0.29) is 11.1 Å². The summed E-state index contributed by atoms with van der Waals surface area (Å²) in [5, 5.41) is 0.708. The van der Waals surface area contributed by atoms with Crippen molar-refractivity contribution in [1.29, 1.82) is 0 Å². The summed E-state index contributed by atoms with van der Waals surface area (Å²) in [6.07, 6.45) is 0. The first-order chi connectivity index (χ1) is 7.15. The highest BCUT2D eigenvalue weighted by Gasteiger charge is 2.05. The Balaban J connectivity index is 2.27. The lowest BCUT2D eigenvalue weighted by atomic mass is 10.3. The van der Waals surface area contributed by atoms with Crippen LogP contribution >= 0.6 is 23.8 Å². The van der Waals surface area contributed by atoms with Crippen molar-refractivity contribution in [3.8, 4) is 0 Å². The Labute approximate surface area is 95.6 Å². The van der Waals surface area contributed by atoms with Crippen LogP contribution in [0.4, 0.5) is 6.01 Å². The van der Waals surface area contributed by atoms with Crippen molar-refractivity contribution in [3.05, 3.63) is 23.2 Å². The number of aromatic nitrogens is 1. The van der Waals surface area contributed by atoms with Crippen molar-refractivity contribution in [3.63, 3.8) is 0 Å². The zero-order chi connectivity index (χ0) is 10.8. The zero-order valence-electron chi connectivity index (χ0n) is 7.45. The van der Waals surface area contributed by atoms with Gasteiger partial charge in [0.2, 0.25) is 0 Å². The highest BCUT2D eigenvalue weighted by atomic mass is 35.5. The Bertz CT molecular complexity index is 512. The van der Waals surface area contributed by atoms with Gasteiger partial charge < -0.3 is 10.2 Å². The second kappa shape index (κ2) is 3.92. The smallest absolute Gasteiger partial charge is 0.315 e. The van der Waals surface area contributed by atoms with Crippen molar-refractivity contribution < 1.29 is 4.42 Å². The molecule has 0 atom stereocenters. The van der Waals surface area contributed by atoms with Crippen LogP contribution in [0.25, 0.3) is 11.1 Å². The van der Waals surface area contributed by atoms with Gasteiger partial charge >= 0.3 is 6.01 Å². The van der Waals surface area contributed by atoms with Gasteiger partial charge in [-0.15, -0.1) is 0 Å². The molecule has 15 heavy (non-hydrogen) atoms. The number of halogens is 1. The Hall–Kier alpha value is -1.53. The van der Waals surface area contributed by atoms with Gasteiger partial charge in [0.15, 0.2) is 10.7 Å². The molecule has 4 N–H and O–H groups in total. The van der Waals surface area contributed by atoms with Crippen LogP contribution in [-0.2, 0) is 0 Å². The maximum absolute atomic E-state index is 5.80. The van der Waals surface area contributed by atoms with Crippen molar-refractivity contribution in [2.45, 2.75) is 0 Å². The molecule has 0 saturated heterocycles. The number of hydrogen-bond acceptors (Lipinski definition) is 4. The van der Waals surface area contributed by atoms with Gasteiger partial charge in [-0.1, -0.05) is 11.6 Å². The van der Waals surface area contributed by atoms with Gasteiger partial charge in [0, 0.05) is 5.02 Å². The third kappa shape index (κ3) is 2.28. The number of nitrogens with two attached hydrogens (primary N) is 1. The zero-order valence-corrected chi connectivity index (χ0v) is 9.02. The minimum atomic E-state index is 0.107. The van der Waals surface area contributed by atoms with Crippen molar-refractivity contribution in [2.75, 3.05) is 5.43 Å². The van der Waals surface area contributed by atoms with Crippen LogP contribution in [0.5, 0.6) is 0 Å². The summed E-state index contributed by atoms with van der Waals surface area (Å²) in [6.45, 7) is 0. The molecule has 1 heterocycles. The topological polar surface area (TPSA) is 76.1 Å². The second-order valence-corrected chi connectivity index (χ2v) is 3.62. The third-order valence-corrected chi connectivity index (χ3v) is 1.98. The minimum Gasteiger partial charge on any atom is -0.422 e. The van der Waals surface area contributed by atoms with E-state index in [4.69, 9.17) is 21.8 Å². The van der Waals surface area contributed by atoms with Crippen LogP contribution in [0.2, 0.25) is 5.02 Å². The van der Waals surface area contributed by atoms with Crippen molar-refractivity contribution in [1.82, 2.24) is 10.4 Å². The molecular weight excluding hydrogens is 236 g/mol. The normalized spacial score (nSPS) is 10.2. The molecule has 0 radical (unpaired) electrons. The van der Waals surface area contributed by atoms with E-state index in [0.29, 0.717) is 16.1 Å². The predicted octanol–water partition coefficient (Wildman–Crippen LogP) is 1.64. The van der Waals surface area contributed by atoms with Gasteiger partial charge in [-0.25, -0.2) is 0 Å². The number of nitrogens with one attached hydrogen (secondary N) is 2. The molecule has 0 fully saturated rings. The molecule has 0 amide bonds. The number of thiocarbonyl (C=S) groups is 1. The molecule has 0 spiro atoms. The van der Waals surface area contributed by atoms with E-state index >= 15 is 0 Å². The average molecular weight is 243 g/mol. The molecule has 0 aliphatic carbocycles. The number of oxazole rings is 1. The fourth-order valence-corrected chi connectivity index (χ4v) is 1.29. The van der Waals surface area contributed by atoms with Crippen LogP contribution in [-0.4, -0.2) is 10.1 Å². The molecule has 2 rings (SSSR count). The molecule has 0 unspecified atom stereocenters. The predicted molar refractivity (Wildman–Crippen MR) is 62.6 cm³/mol. The molecule has 5 nitrogen and oxygen atoms in total. The summed E-state index contributed by atoms with van der Waals surface area (Å²) in [6, 6.07) is 5.43. The van der Waals surface area contributed by atoms with E-state index in [0.717, 1.165) is 0 Å². The second-order valence-electron chi connectivity index (χ2n) is 2.75. The lowest BCUT2D eigenvalue weighted by molar-refractivity contribution is 0.612. The number of nitrogens with zero attached hydrogens (tertiary/aromatic N) is 1. The number of anilines is 1. The molecule has 0 aliphatic heterocycles. The first-order valence-electron chi connectivity index (χ1n) is 4.03. The van der Waals surface area contributed by atoms with Crippen molar-refractivity contribution >= 4 is 46.0 Å². The average Bonchev–Trinajstić information content (AvgIpc) is 2.56. The monoisotopic (exact) mass is 242 g/mol. The fourth-order valence-electron chi connectivity index (χ4n) is 1.07. The van der Waals surface area contributed by atoms with Crippen LogP contribution in [0.15, 0.2) is 22.6 Å². The summed E-state index contributed by atoms with van der Waals surface area (Å²) in [5.41, 5.74) is 11.6. The maximum atomic E-state index is 5.80. The van der Waals surface area contributed by atoms with Crippen LogP contribution in [0.3, 0.4) is 0 Å². The fraction of sp³-hybridized carbons (Fsp3) is 0. The number of fused-ring (bicyclic) bond motifs is 1. The maximum Gasteiger partial charge on any atom is 0.315 e. The summed E-state index contributed by atoms with van der Waals surface area (Å²) in [4.78, 5) is 4.11. The van der Waals surface area contributed by atoms with E-state index in [2.05, 4.69) is 28.1 Å². The molecule has 7 heteroatoms. The third-order valence-electron chi connectivity index (χ3n) is 1.64. The molecule has 1 aromatic heterocycles. The van der Waals surface area contributed by atoms with Gasteiger partial charge in [-0.05, 0) is 30.4 Å². The van der Waals surface area contributed by atoms with Crippen LogP contribution in [0.1, 0.15) is 0 Å². The van der Waals surface area contributed by atoms with Gasteiger partial charge in [-0.3, -0.25) is 10.9 Å². The molecule has 0 bridgehead atoms. The number of hydrogen-bond donors (Lipinski definition) is 3. The molecule has 0 aliphatic rings. The number of hydrazine groups is 1. The molecule has 0 saturated carbocycles. The largest absolute Gasteiger partial charge is 0.422 e. The lowest BCUT2D eigenvalue weighted by Gasteiger charge is -2.00. The lowest BCUT2D eigenvalue weighted by Crippen LogP contribution is -2.33. The Morgan fingerprint density at radius 3 is 3.07 bits per heavy atom. The molecular formula is C8H7ClN4OS. The summed E-state index contributed by atoms with van der Waals surface area (Å²) in [7, 11) is 0. The van der Waals surface area contributed by atoms with Gasteiger partial charge in [0.1, 0.15) is 5.52 Å². The minimum absolute atomic E-state index is 0.107. The van der Waals surface area contributed by atoms with E-state index < -0.39 is 0 Å². The van der Waals surface area contributed by atoms with E-state index in [1.54, 1.807) is 18.2 Å². The van der Waals surface area contributed by atoms with Crippen LogP contribution in [0, 0.1) is 0 Å². The van der Waals surface area contributed by atoms with E-state index in [9.17, 15) is 0 Å². The Kier molecular flexibility index (Phi) is 2.61. The first kappa shape index (κ1) is 10.0. The number of benzene rings is 1. The van der Waals surface area contributed by atoms with Gasteiger partial charge in [-0.2, -0.15) is 4.98 Å². The molecule has 1 aromatic carbocycles. The highest BCUT2D eigenvalue weighted by molar-refractivity contribution is 7.80. The van der Waals surface area contributed by atoms with Gasteiger partial charge in [0.25, 0.3) is 0 Å². The number of rotatable bonds is 2.